The molecule has 0 aliphatic carbocycles. The Morgan fingerprint density at radius 1 is 1.00 bits per heavy atom. The van der Waals surface area contributed by atoms with Gasteiger partial charge >= 0.3 is 0 Å². The summed E-state index contributed by atoms with van der Waals surface area (Å²) in [6, 6.07) is 13.9. The van der Waals surface area contributed by atoms with Crippen molar-refractivity contribution in [1.82, 2.24) is 4.98 Å². The van der Waals surface area contributed by atoms with Gasteiger partial charge in [-0.05, 0) is 35.4 Å². The van der Waals surface area contributed by atoms with Crippen LogP contribution in [0.1, 0.15) is 10.4 Å². The third kappa shape index (κ3) is 2.22. The van der Waals surface area contributed by atoms with Gasteiger partial charge in [0, 0.05) is 17.1 Å². The van der Waals surface area contributed by atoms with Crippen molar-refractivity contribution in [2.75, 3.05) is 0 Å². The number of carbonyl (C=O) groups is 1. The number of fused-ring (bicyclic) bond motifs is 1. The van der Waals surface area contributed by atoms with Gasteiger partial charge in [0.05, 0.1) is 5.52 Å². The lowest BCUT2D eigenvalue weighted by atomic mass is 10.0. The highest BCUT2D eigenvalue weighted by Gasteiger charge is 2.02. The molecule has 0 unspecified atom stereocenters. The van der Waals surface area contributed by atoms with E-state index in [1.54, 1.807) is 12.1 Å². The molecule has 0 atom stereocenters. The van der Waals surface area contributed by atoms with Crippen LogP contribution in [0.2, 0.25) is 0 Å². The summed E-state index contributed by atoms with van der Waals surface area (Å²) in [6.45, 7) is 0. The second-order valence-corrected chi connectivity index (χ2v) is 4.30. The van der Waals surface area contributed by atoms with Crippen LogP contribution in [0.15, 0.2) is 54.7 Å². The van der Waals surface area contributed by atoms with Gasteiger partial charge in [-0.2, -0.15) is 0 Å². The van der Waals surface area contributed by atoms with E-state index < -0.39 is 0 Å². The van der Waals surface area contributed by atoms with Gasteiger partial charge in [0.1, 0.15) is 5.82 Å². The highest BCUT2D eigenvalue weighted by atomic mass is 19.1. The Morgan fingerprint density at radius 3 is 2.63 bits per heavy atom. The number of benzene rings is 2. The molecule has 2 aromatic carbocycles. The van der Waals surface area contributed by atoms with Gasteiger partial charge in [-0.15, -0.1) is 0 Å². The molecule has 19 heavy (non-hydrogen) atoms. The molecule has 0 amide bonds. The van der Waals surface area contributed by atoms with Gasteiger partial charge in [-0.25, -0.2) is 4.39 Å². The standard InChI is InChI=1S/C16H10FNO/c17-15-3-1-2-12(7-15)13-4-5-14-6-11(10-19)9-18-16(14)8-13/h1-10H. The third-order valence-corrected chi connectivity index (χ3v) is 3.00. The molecule has 1 heterocycles. The molecule has 0 spiro atoms. The van der Waals surface area contributed by atoms with Crippen LogP contribution in [0.5, 0.6) is 0 Å². The number of rotatable bonds is 2. The third-order valence-electron chi connectivity index (χ3n) is 3.00. The molecule has 0 N–H and O–H groups in total. The van der Waals surface area contributed by atoms with E-state index in [9.17, 15) is 9.18 Å². The maximum Gasteiger partial charge on any atom is 0.151 e. The molecular formula is C16H10FNO. The van der Waals surface area contributed by atoms with Crippen LogP contribution in [0, 0.1) is 5.82 Å². The summed E-state index contributed by atoms with van der Waals surface area (Å²) in [5.41, 5.74) is 3.04. The minimum Gasteiger partial charge on any atom is -0.298 e. The van der Waals surface area contributed by atoms with Gasteiger partial charge in [0.15, 0.2) is 6.29 Å². The van der Waals surface area contributed by atoms with Crippen LogP contribution in [-0.4, -0.2) is 11.3 Å². The summed E-state index contributed by atoms with van der Waals surface area (Å²) in [5.74, 6) is -0.262. The zero-order valence-electron chi connectivity index (χ0n) is 10.0. The van der Waals surface area contributed by atoms with Crippen LogP contribution in [-0.2, 0) is 0 Å². The van der Waals surface area contributed by atoms with E-state index >= 15 is 0 Å². The van der Waals surface area contributed by atoms with E-state index in [1.165, 1.54) is 18.3 Å². The number of aromatic nitrogens is 1. The first-order chi connectivity index (χ1) is 9.26. The quantitative estimate of drug-likeness (QED) is 0.647. The normalized spacial score (nSPS) is 10.6. The van der Waals surface area contributed by atoms with Crippen LogP contribution in [0.4, 0.5) is 4.39 Å². The maximum absolute atomic E-state index is 13.2. The number of aldehydes is 1. The minimum absolute atomic E-state index is 0.262. The van der Waals surface area contributed by atoms with Crippen molar-refractivity contribution in [3.05, 3.63) is 66.1 Å². The number of carbonyl (C=O) groups excluding carboxylic acids is 1. The van der Waals surface area contributed by atoms with Crippen molar-refractivity contribution in [2.24, 2.45) is 0 Å². The molecule has 1 aromatic heterocycles. The SMILES string of the molecule is O=Cc1cnc2cc(-c3cccc(F)c3)ccc2c1. The Hall–Kier alpha value is -2.55. The van der Waals surface area contributed by atoms with E-state index in [-0.39, 0.29) is 5.82 Å². The van der Waals surface area contributed by atoms with Crippen molar-refractivity contribution in [2.45, 2.75) is 0 Å². The highest BCUT2D eigenvalue weighted by molar-refractivity contribution is 5.88. The summed E-state index contributed by atoms with van der Waals surface area (Å²) in [7, 11) is 0. The first kappa shape index (κ1) is 11.5. The van der Waals surface area contributed by atoms with Crippen molar-refractivity contribution in [3.63, 3.8) is 0 Å². The number of pyridine rings is 1. The second-order valence-electron chi connectivity index (χ2n) is 4.30. The van der Waals surface area contributed by atoms with E-state index in [0.717, 1.165) is 28.3 Å². The van der Waals surface area contributed by atoms with Crippen molar-refractivity contribution >= 4 is 17.2 Å². The van der Waals surface area contributed by atoms with Gasteiger partial charge in [0.25, 0.3) is 0 Å². The average Bonchev–Trinajstić information content (AvgIpc) is 2.46. The Kier molecular flexibility index (Phi) is 2.80. The van der Waals surface area contributed by atoms with Crippen LogP contribution in [0.3, 0.4) is 0 Å². The van der Waals surface area contributed by atoms with E-state index in [2.05, 4.69) is 4.98 Å². The molecule has 0 radical (unpaired) electrons. The van der Waals surface area contributed by atoms with E-state index in [4.69, 9.17) is 0 Å². The summed E-state index contributed by atoms with van der Waals surface area (Å²) < 4.78 is 13.2. The van der Waals surface area contributed by atoms with Gasteiger partial charge in [-0.3, -0.25) is 9.78 Å². The van der Waals surface area contributed by atoms with Gasteiger partial charge in [-0.1, -0.05) is 24.3 Å². The zero-order chi connectivity index (χ0) is 13.2. The van der Waals surface area contributed by atoms with Crippen LogP contribution >= 0.6 is 0 Å². The molecule has 0 saturated carbocycles. The topological polar surface area (TPSA) is 30.0 Å². The predicted molar refractivity (Wildman–Crippen MR) is 72.5 cm³/mol. The lowest BCUT2D eigenvalue weighted by Gasteiger charge is -2.04. The number of hydrogen-bond donors (Lipinski definition) is 0. The molecule has 3 heteroatoms. The second kappa shape index (κ2) is 4.61. The highest BCUT2D eigenvalue weighted by Crippen LogP contribution is 2.24. The van der Waals surface area contributed by atoms with Crippen molar-refractivity contribution in [3.8, 4) is 11.1 Å². The lowest BCUT2D eigenvalue weighted by Crippen LogP contribution is -1.86. The summed E-state index contributed by atoms with van der Waals surface area (Å²) in [4.78, 5) is 14.9. The number of hydrogen-bond acceptors (Lipinski definition) is 2. The average molecular weight is 251 g/mol. The van der Waals surface area contributed by atoms with Gasteiger partial charge < -0.3 is 0 Å². The minimum atomic E-state index is -0.262. The Balaban J connectivity index is 2.14. The van der Waals surface area contributed by atoms with Crippen molar-refractivity contribution in [1.29, 1.82) is 0 Å². The van der Waals surface area contributed by atoms with E-state index in [0.29, 0.717) is 5.56 Å². The van der Waals surface area contributed by atoms with Crippen LogP contribution < -0.4 is 0 Å². The monoisotopic (exact) mass is 251 g/mol. The zero-order valence-corrected chi connectivity index (χ0v) is 10.0. The first-order valence-corrected chi connectivity index (χ1v) is 5.87. The smallest absolute Gasteiger partial charge is 0.151 e. The lowest BCUT2D eigenvalue weighted by molar-refractivity contribution is 0.112. The molecular weight excluding hydrogens is 241 g/mol. The number of halogens is 1. The molecule has 0 saturated heterocycles. The largest absolute Gasteiger partial charge is 0.298 e. The summed E-state index contributed by atoms with van der Waals surface area (Å²) in [6.07, 6.45) is 2.30. The fourth-order valence-corrected chi connectivity index (χ4v) is 2.05. The molecule has 0 bridgehead atoms. The summed E-state index contributed by atoms with van der Waals surface area (Å²) in [5, 5.41) is 0.893. The Labute approximate surface area is 109 Å². The predicted octanol–water partition coefficient (Wildman–Crippen LogP) is 3.85. The van der Waals surface area contributed by atoms with E-state index in [1.807, 2.05) is 24.3 Å². The Morgan fingerprint density at radius 2 is 1.84 bits per heavy atom. The molecule has 3 rings (SSSR count). The Bertz CT molecular complexity index is 768. The number of nitrogens with zero attached hydrogens (tertiary/aromatic N) is 1. The molecule has 0 aliphatic heterocycles. The molecule has 92 valence electrons. The maximum atomic E-state index is 13.2. The summed E-state index contributed by atoms with van der Waals surface area (Å²) >= 11 is 0. The molecule has 0 aliphatic rings. The fraction of sp³-hybridized carbons (Fsp3) is 0. The van der Waals surface area contributed by atoms with Crippen LogP contribution in [0.25, 0.3) is 22.0 Å². The first-order valence-electron chi connectivity index (χ1n) is 5.87. The fourth-order valence-electron chi connectivity index (χ4n) is 2.05. The van der Waals surface area contributed by atoms with Crippen molar-refractivity contribution < 1.29 is 9.18 Å². The molecule has 0 fully saturated rings. The molecule has 3 aromatic rings. The van der Waals surface area contributed by atoms with Gasteiger partial charge in [0.2, 0.25) is 0 Å². The molecule has 2 nitrogen and oxygen atoms in total.